The molecule has 270 valence electrons. The van der Waals surface area contributed by atoms with E-state index in [1.54, 1.807) is 0 Å². The topological polar surface area (TPSA) is 0 Å². The molecule has 0 heteroatoms. The number of fused-ring (bicyclic) bond motifs is 13. The van der Waals surface area contributed by atoms with E-state index in [1.165, 1.54) is 152 Å². The second-order valence-corrected chi connectivity index (χ2v) is 17.8. The summed E-state index contributed by atoms with van der Waals surface area (Å²) in [5.41, 5.74) is 11.2. The summed E-state index contributed by atoms with van der Waals surface area (Å²) in [6.45, 7) is 9.55. The van der Waals surface area contributed by atoms with E-state index >= 15 is 0 Å². The second kappa shape index (κ2) is 10.6. The van der Waals surface area contributed by atoms with Gasteiger partial charge in [-0.05, 0) is 188 Å². The van der Waals surface area contributed by atoms with Crippen LogP contribution in [0.4, 0.5) is 0 Å². The zero-order valence-corrected chi connectivity index (χ0v) is 33.0. The number of benzene rings is 11. The summed E-state index contributed by atoms with van der Waals surface area (Å²) in [6.07, 6.45) is 0. The second-order valence-electron chi connectivity index (χ2n) is 17.8. The Bertz CT molecular complexity index is 3830. The fourth-order valence-electron chi connectivity index (χ4n) is 12.0. The predicted octanol–water partition coefficient (Wildman–Crippen LogP) is 17.1. The van der Waals surface area contributed by atoms with Gasteiger partial charge in [-0.15, -0.1) is 0 Å². The van der Waals surface area contributed by atoms with Gasteiger partial charge in [-0.25, -0.2) is 0 Å². The third-order valence-corrected chi connectivity index (χ3v) is 14.3. The molecule has 14 rings (SSSR count). The molecule has 0 atom stereocenters. The first kappa shape index (κ1) is 31.3. The molecule has 0 fully saturated rings. The molecule has 0 aromatic heterocycles. The van der Waals surface area contributed by atoms with Gasteiger partial charge < -0.3 is 0 Å². The highest BCUT2D eigenvalue weighted by Crippen LogP contribution is 2.59. The van der Waals surface area contributed by atoms with Crippen molar-refractivity contribution in [2.24, 2.45) is 0 Å². The molecule has 0 aliphatic heterocycles. The summed E-state index contributed by atoms with van der Waals surface area (Å²) >= 11 is 0. The van der Waals surface area contributed by atoms with E-state index in [1.807, 2.05) is 0 Å². The van der Waals surface area contributed by atoms with E-state index in [-0.39, 0.29) is 0 Å². The van der Waals surface area contributed by atoms with Crippen LogP contribution in [0.3, 0.4) is 0 Å². The van der Waals surface area contributed by atoms with Crippen LogP contribution in [0.1, 0.15) is 50.7 Å². The summed E-state index contributed by atoms with van der Waals surface area (Å²) in [7, 11) is 0. The fourth-order valence-corrected chi connectivity index (χ4v) is 12.0. The third kappa shape index (κ3) is 3.57. The molecule has 1 aliphatic rings. The molecule has 13 aromatic carbocycles. The van der Waals surface area contributed by atoms with Gasteiger partial charge in [-0.3, -0.25) is 0 Å². The van der Waals surface area contributed by atoms with E-state index in [0.717, 1.165) is 0 Å². The van der Waals surface area contributed by atoms with Crippen LogP contribution in [-0.2, 0) is 0 Å². The SMILES string of the molecule is CC(C)c1cc2c3ccc4c5c(-c6ccccc6)c6cccc7c8ccccc8c(c67)c5c5ccc(c6cc(C(C)C)c7c(c1-c1cc8ccccc8cc1-7)c26)c3c45. The minimum absolute atomic E-state index is 0.369. The highest BCUT2D eigenvalue weighted by molar-refractivity contribution is 6.51. The lowest BCUT2D eigenvalue weighted by Crippen LogP contribution is -1.97. The fraction of sp³-hybridized carbons (Fsp3) is 0.103. The third-order valence-electron chi connectivity index (χ3n) is 14.3. The Morgan fingerprint density at radius 1 is 0.276 bits per heavy atom. The quantitative estimate of drug-likeness (QED) is 0.125. The molecule has 0 radical (unpaired) electrons. The van der Waals surface area contributed by atoms with Crippen LogP contribution in [0.15, 0.2) is 146 Å². The predicted molar refractivity (Wildman–Crippen MR) is 253 cm³/mol. The van der Waals surface area contributed by atoms with E-state index in [4.69, 9.17) is 0 Å². The van der Waals surface area contributed by atoms with Crippen molar-refractivity contribution < 1.29 is 0 Å². The van der Waals surface area contributed by atoms with Crippen molar-refractivity contribution in [3.05, 3.63) is 157 Å². The highest BCUT2D eigenvalue weighted by atomic mass is 14.4. The van der Waals surface area contributed by atoms with Gasteiger partial charge >= 0.3 is 0 Å². The van der Waals surface area contributed by atoms with Crippen molar-refractivity contribution >= 4 is 108 Å². The van der Waals surface area contributed by atoms with E-state index < -0.39 is 0 Å². The summed E-state index contributed by atoms with van der Waals surface area (Å²) in [5, 5.41) is 27.6. The monoisotopic (exact) mass is 734 g/mol. The van der Waals surface area contributed by atoms with Crippen LogP contribution in [0, 0.1) is 0 Å². The van der Waals surface area contributed by atoms with Gasteiger partial charge in [-0.2, -0.15) is 0 Å². The maximum absolute atomic E-state index is 2.59. The van der Waals surface area contributed by atoms with Crippen molar-refractivity contribution in [2.75, 3.05) is 0 Å². The van der Waals surface area contributed by atoms with Crippen LogP contribution >= 0.6 is 0 Å². The van der Waals surface area contributed by atoms with Gasteiger partial charge in [-0.1, -0.05) is 149 Å². The van der Waals surface area contributed by atoms with Gasteiger partial charge in [0.2, 0.25) is 0 Å². The van der Waals surface area contributed by atoms with Crippen molar-refractivity contribution in [3.8, 4) is 33.4 Å². The van der Waals surface area contributed by atoms with Crippen molar-refractivity contribution in [3.63, 3.8) is 0 Å². The molecule has 0 bridgehead atoms. The van der Waals surface area contributed by atoms with Gasteiger partial charge in [0.1, 0.15) is 0 Å². The van der Waals surface area contributed by atoms with Crippen molar-refractivity contribution in [1.29, 1.82) is 0 Å². The summed E-state index contributed by atoms with van der Waals surface area (Å²) < 4.78 is 0. The van der Waals surface area contributed by atoms with Crippen molar-refractivity contribution in [2.45, 2.75) is 39.5 Å². The van der Waals surface area contributed by atoms with E-state index in [2.05, 4.69) is 173 Å². The largest absolute Gasteiger partial charge is 0.0622 e. The van der Waals surface area contributed by atoms with E-state index in [9.17, 15) is 0 Å². The Labute approximate surface area is 335 Å². The molecule has 13 aromatic rings. The van der Waals surface area contributed by atoms with Gasteiger partial charge in [0.25, 0.3) is 0 Å². The Morgan fingerprint density at radius 3 is 1.34 bits per heavy atom. The van der Waals surface area contributed by atoms with Crippen molar-refractivity contribution in [1.82, 2.24) is 0 Å². The standard InChI is InChI=1S/C58H38/c1-29(2)42-27-46-37-21-23-40-51-41(57-55-36-18-11-10-17-34(36)35-19-12-20-39(50(35)55)48(56(40)57)31-13-6-5-7-14-31)24-22-38(49(37)51)47-28-43(30(3)4)53-45-26-33-16-9-8-15-32(33)25-44(45)52(42)58(53)54(46)47/h5-30H,1-4H3. The summed E-state index contributed by atoms with van der Waals surface area (Å²) in [5.74, 6) is 0.739. The molecule has 0 nitrogen and oxygen atoms in total. The number of hydrogen-bond donors (Lipinski definition) is 0. The molecule has 0 unspecified atom stereocenters. The first-order valence-corrected chi connectivity index (χ1v) is 21.1. The minimum atomic E-state index is 0.369. The maximum atomic E-state index is 2.59. The molecule has 0 heterocycles. The van der Waals surface area contributed by atoms with E-state index in [0.29, 0.717) is 11.8 Å². The Balaban J connectivity index is 1.24. The average Bonchev–Trinajstić information content (AvgIpc) is 3.89. The molecule has 0 spiro atoms. The lowest BCUT2D eigenvalue weighted by molar-refractivity contribution is 0.871. The van der Waals surface area contributed by atoms with Crippen LogP contribution < -0.4 is 0 Å². The molecule has 0 saturated carbocycles. The summed E-state index contributed by atoms with van der Waals surface area (Å²) in [6, 6.07) is 56.2. The summed E-state index contributed by atoms with van der Waals surface area (Å²) in [4.78, 5) is 0. The molecule has 58 heavy (non-hydrogen) atoms. The first-order chi connectivity index (χ1) is 28.5. The minimum Gasteiger partial charge on any atom is -0.0622 e. The Hall–Kier alpha value is -6.76. The van der Waals surface area contributed by atoms with Gasteiger partial charge in [0.15, 0.2) is 0 Å². The average molecular weight is 735 g/mol. The highest BCUT2D eigenvalue weighted by Gasteiger charge is 2.33. The number of hydrogen-bond acceptors (Lipinski definition) is 0. The smallest absolute Gasteiger partial charge is 0.000696 e. The lowest BCUT2D eigenvalue weighted by atomic mass is 9.81. The zero-order valence-electron chi connectivity index (χ0n) is 33.0. The normalized spacial score (nSPS) is 13.1. The van der Waals surface area contributed by atoms with Gasteiger partial charge in [0.05, 0.1) is 0 Å². The lowest BCUT2D eigenvalue weighted by Gasteiger charge is -2.22. The molecular formula is C58H38. The molecule has 1 aliphatic carbocycles. The van der Waals surface area contributed by atoms with Crippen LogP contribution in [0.5, 0.6) is 0 Å². The van der Waals surface area contributed by atoms with Crippen LogP contribution in [-0.4, -0.2) is 0 Å². The molecule has 0 saturated heterocycles. The van der Waals surface area contributed by atoms with Gasteiger partial charge in [0, 0.05) is 0 Å². The maximum Gasteiger partial charge on any atom is -0.000696 e. The number of rotatable bonds is 3. The zero-order chi connectivity index (χ0) is 38.3. The molecular weight excluding hydrogens is 697 g/mol. The van der Waals surface area contributed by atoms with Crippen LogP contribution in [0.25, 0.3) is 141 Å². The molecule has 0 amide bonds. The Kier molecular flexibility index (Phi) is 5.72. The van der Waals surface area contributed by atoms with Crippen LogP contribution in [0.2, 0.25) is 0 Å². The Morgan fingerprint density at radius 2 is 0.707 bits per heavy atom. The first-order valence-electron chi connectivity index (χ1n) is 21.1. The molecule has 0 N–H and O–H groups in total.